The summed E-state index contributed by atoms with van der Waals surface area (Å²) >= 11 is 0. The van der Waals surface area contributed by atoms with E-state index in [4.69, 9.17) is 10.5 Å². The molecule has 1 aliphatic heterocycles. The molecule has 2 rings (SSSR count). The predicted octanol–water partition coefficient (Wildman–Crippen LogP) is 0.578. The van der Waals surface area contributed by atoms with Crippen LogP contribution < -0.4 is 5.73 Å². The molecule has 4 nitrogen and oxygen atoms in total. The smallest absolute Gasteiger partial charge is 0.0936 e. The van der Waals surface area contributed by atoms with E-state index in [0.29, 0.717) is 6.54 Å². The fraction of sp³-hybridized carbons (Fsp3) is 0.500. The monoisotopic (exact) mass is 274 g/mol. The highest BCUT2D eigenvalue weighted by Gasteiger charge is 2.24. The molecular formula is C16H22N2O2. The average Bonchev–Trinajstić information content (AvgIpc) is 2.45. The maximum Gasteiger partial charge on any atom is 0.0936 e. The normalized spacial score (nSPS) is 23.1. The van der Waals surface area contributed by atoms with Crippen molar-refractivity contribution in [3.63, 3.8) is 0 Å². The van der Waals surface area contributed by atoms with Crippen LogP contribution in [-0.4, -0.2) is 48.5 Å². The lowest BCUT2D eigenvalue weighted by molar-refractivity contribution is -0.0972. The highest BCUT2D eigenvalue weighted by Crippen LogP contribution is 2.16. The number of benzene rings is 1. The summed E-state index contributed by atoms with van der Waals surface area (Å²) in [4.78, 5) is 2.30. The third-order valence-electron chi connectivity index (χ3n) is 3.34. The van der Waals surface area contributed by atoms with Gasteiger partial charge in [0.1, 0.15) is 0 Å². The van der Waals surface area contributed by atoms with Gasteiger partial charge >= 0.3 is 0 Å². The van der Waals surface area contributed by atoms with Gasteiger partial charge < -0.3 is 15.6 Å². The number of aliphatic hydroxyl groups excluding tert-OH is 1. The Labute approximate surface area is 120 Å². The quantitative estimate of drug-likeness (QED) is 0.792. The van der Waals surface area contributed by atoms with Gasteiger partial charge in [-0.05, 0) is 18.6 Å². The minimum absolute atomic E-state index is 0.0649. The summed E-state index contributed by atoms with van der Waals surface area (Å²) in [5.74, 6) is 6.02. The Hall–Kier alpha value is -1.38. The molecule has 1 aromatic rings. The summed E-state index contributed by atoms with van der Waals surface area (Å²) in [6.45, 7) is 4.91. The van der Waals surface area contributed by atoms with Crippen molar-refractivity contribution in [2.75, 3.05) is 26.2 Å². The Morgan fingerprint density at radius 3 is 2.95 bits per heavy atom. The minimum atomic E-state index is -0.0963. The summed E-state index contributed by atoms with van der Waals surface area (Å²) in [6, 6.07) is 8.12. The van der Waals surface area contributed by atoms with Crippen molar-refractivity contribution in [2.45, 2.75) is 25.7 Å². The highest BCUT2D eigenvalue weighted by molar-refractivity contribution is 5.41. The van der Waals surface area contributed by atoms with Crippen molar-refractivity contribution in [3.8, 4) is 11.8 Å². The molecule has 3 N–H and O–H groups in total. The molecule has 2 unspecified atom stereocenters. The summed E-state index contributed by atoms with van der Waals surface area (Å²) in [5, 5.41) is 9.28. The number of rotatable bonds is 3. The first kappa shape index (κ1) is 15.0. The van der Waals surface area contributed by atoms with Crippen LogP contribution in [0.1, 0.15) is 18.1 Å². The topological polar surface area (TPSA) is 58.7 Å². The van der Waals surface area contributed by atoms with Crippen molar-refractivity contribution in [1.82, 2.24) is 4.90 Å². The van der Waals surface area contributed by atoms with Crippen LogP contribution in [0.5, 0.6) is 0 Å². The fourth-order valence-electron chi connectivity index (χ4n) is 2.54. The molecule has 1 fully saturated rings. The molecule has 4 heteroatoms. The third-order valence-corrected chi connectivity index (χ3v) is 3.34. The number of nitrogens with two attached hydrogens (primary N) is 1. The largest absolute Gasteiger partial charge is 0.394 e. The second-order valence-electron chi connectivity index (χ2n) is 5.11. The molecule has 0 spiro atoms. The average molecular weight is 274 g/mol. The van der Waals surface area contributed by atoms with Crippen molar-refractivity contribution >= 4 is 0 Å². The van der Waals surface area contributed by atoms with Gasteiger partial charge in [-0.1, -0.05) is 30.0 Å². The predicted molar refractivity (Wildman–Crippen MR) is 79.1 cm³/mol. The minimum Gasteiger partial charge on any atom is -0.394 e. The lowest BCUT2D eigenvalue weighted by atomic mass is 10.1. The van der Waals surface area contributed by atoms with E-state index in [2.05, 4.69) is 22.8 Å². The van der Waals surface area contributed by atoms with Gasteiger partial charge in [-0.25, -0.2) is 0 Å². The van der Waals surface area contributed by atoms with Crippen LogP contribution >= 0.6 is 0 Å². The molecule has 20 heavy (non-hydrogen) atoms. The zero-order valence-electron chi connectivity index (χ0n) is 11.9. The second-order valence-corrected chi connectivity index (χ2v) is 5.11. The van der Waals surface area contributed by atoms with Crippen molar-refractivity contribution < 1.29 is 9.84 Å². The molecule has 0 radical (unpaired) electrons. The third kappa shape index (κ3) is 4.06. The van der Waals surface area contributed by atoms with Crippen molar-refractivity contribution in [2.24, 2.45) is 5.73 Å². The van der Waals surface area contributed by atoms with E-state index in [1.165, 1.54) is 5.56 Å². The molecule has 0 amide bonds. The van der Waals surface area contributed by atoms with Crippen molar-refractivity contribution in [3.05, 3.63) is 35.4 Å². The van der Waals surface area contributed by atoms with Crippen LogP contribution in [0.3, 0.4) is 0 Å². The Morgan fingerprint density at radius 2 is 2.20 bits per heavy atom. The standard InChI is InChI=1S/C16H22N2O2/c1-13-9-18(11-16(12-19)20-13)10-15-6-3-2-5-14(15)7-4-8-17/h2-3,5-6,13,16,19H,8-12,17H2,1H3. The Bertz CT molecular complexity index is 493. The first-order valence-electron chi connectivity index (χ1n) is 6.98. The number of aliphatic hydroxyl groups is 1. The molecule has 1 saturated heterocycles. The number of hydrogen-bond donors (Lipinski definition) is 2. The van der Waals surface area contributed by atoms with Gasteiger partial charge in [0.15, 0.2) is 0 Å². The molecule has 1 heterocycles. The van der Waals surface area contributed by atoms with Gasteiger partial charge in [-0.15, -0.1) is 0 Å². The maximum absolute atomic E-state index is 9.28. The second kappa shape index (κ2) is 7.41. The zero-order valence-corrected chi connectivity index (χ0v) is 11.9. The molecule has 0 bridgehead atoms. The maximum atomic E-state index is 9.28. The number of nitrogens with zero attached hydrogens (tertiary/aromatic N) is 1. The molecular weight excluding hydrogens is 252 g/mol. The van der Waals surface area contributed by atoms with E-state index in [-0.39, 0.29) is 18.8 Å². The van der Waals surface area contributed by atoms with Crippen LogP contribution in [0, 0.1) is 11.8 Å². The van der Waals surface area contributed by atoms with E-state index in [1.54, 1.807) is 0 Å². The van der Waals surface area contributed by atoms with E-state index in [0.717, 1.165) is 25.2 Å². The molecule has 1 aliphatic rings. The van der Waals surface area contributed by atoms with E-state index in [1.807, 2.05) is 25.1 Å². The Balaban J connectivity index is 2.09. The van der Waals surface area contributed by atoms with E-state index in [9.17, 15) is 5.11 Å². The van der Waals surface area contributed by atoms with E-state index < -0.39 is 0 Å². The fourth-order valence-corrected chi connectivity index (χ4v) is 2.54. The highest BCUT2D eigenvalue weighted by atomic mass is 16.5. The molecule has 1 aromatic carbocycles. The summed E-state index contributed by atoms with van der Waals surface area (Å²) in [7, 11) is 0. The van der Waals surface area contributed by atoms with Crippen LogP contribution in [0.15, 0.2) is 24.3 Å². The van der Waals surface area contributed by atoms with Gasteiger partial charge in [-0.2, -0.15) is 0 Å². The van der Waals surface area contributed by atoms with Crippen LogP contribution in [0.25, 0.3) is 0 Å². The summed E-state index contributed by atoms with van der Waals surface area (Å²) < 4.78 is 5.66. The lowest BCUT2D eigenvalue weighted by Crippen LogP contribution is -2.47. The SMILES string of the molecule is CC1CN(Cc2ccccc2C#CCN)CC(CO)O1. The number of morpholine rings is 1. The Morgan fingerprint density at radius 1 is 1.40 bits per heavy atom. The lowest BCUT2D eigenvalue weighted by Gasteiger charge is -2.36. The molecule has 108 valence electrons. The summed E-state index contributed by atoms with van der Waals surface area (Å²) in [5.41, 5.74) is 7.66. The Kier molecular flexibility index (Phi) is 5.57. The van der Waals surface area contributed by atoms with Crippen molar-refractivity contribution in [1.29, 1.82) is 0 Å². The van der Waals surface area contributed by atoms with E-state index >= 15 is 0 Å². The number of hydrogen-bond acceptors (Lipinski definition) is 4. The zero-order chi connectivity index (χ0) is 14.4. The molecule has 2 atom stereocenters. The van der Waals surface area contributed by atoms with Gasteiger partial charge in [-0.3, -0.25) is 4.90 Å². The molecule has 0 aromatic heterocycles. The first-order valence-corrected chi connectivity index (χ1v) is 6.98. The van der Waals surface area contributed by atoms with Crippen LogP contribution in [0.2, 0.25) is 0 Å². The number of ether oxygens (including phenoxy) is 1. The van der Waals surface area contributed by atoms with Crippen LogP contribution in [0.4, 0.5) is 0 Å². The molecule has 0 saturated carbocycles. The van der Waals surface area contributed by atoms with Gasteiger partial charge in [0.05, 0.1) is 25.4 Å². The van der Waals surface area contributed by atoms with Gasteiger partial charge in [0.25, 0.3) is 0 Å². The first-order chi connectivity index (χ1) is 9.72. The summed E-state index contributed by atoms with van der Waals surface area (Å²) in [6.07, 6.45) is 0.0456. The van der Waals surface area contributed by atoms with Crippen LogP contribution in [-0.2, 0) is 11.3 Å². The van der Waals surface area contributed by atoms with Gasteiger partial charge in [0.2, 0.25) is 0 Å². The molecule has 0 aliphatic carbocycles. The van der Waals surface area contributed by atoms with Gasteiger partial charge in [0, 0.05) is 25.2 Å².